The number of imide groups is 1. The molecule has 2 saturated heterocycles. The number of amides is 3. The Balaban J connectivity index is 2.03. The van der Waals surface area contributed by atoms with Crippen LogP contribution in [-0.4, -0.2) is 58.6 Å². The molecule has 0 aromatic heterocycles. The number of aliphatic hydroxyl groups excluding tert-OH is 2. The molecule has 0 aromatic carbocycles. The number of urea groups is 1. The summed E-state index contributed by atoms with van der Waals surface area (Å²) in [7, 11) is 0. The lowest BCUT2D eigenvalue weighted by Gasteiger charge is -2.34. The Bertz CT molecular complexity index is 335. The fraction of sp³-hybridized carbons (Fsp3) is 0.800. The third-order valence-corrected chi connectivity index (χ3v) is 3.14. The second-order valence-electron chi connectivity index (χ2n) is 4.46. The monoisotopic (exact) mass is 244 g/mol. The first-order valence-corrected chi connectivity index (χ1v) is 5.58. The lowest BCUT2D eigenvalue weighted by molar-refractivity contribution is -0.128. The van der Waals surface area contributed by atoms with Gasteiger partial charge in [0.05, 0.1) is 18.6 Å². The summed E-state index contributed by atoms with van der Waals surface area (Å²) in [5.41, 5.74) is 0. The largest absolute Gasteiger partial charge is 0.394 e. The minimum atomic E-state index is -0.786. The van der Waals surface area contributed by atoms with E-state index in [1.807, 2.05) is 0 Å². The van der Waals surface area contributed by atoms with Crippen molar-refractivity contribution in [2.75, 3.05) is 13.2 Å². The van der Waals surface area contributed by atoms with Crippen molar-refractivity contribution in [2.24, 2.45) is 5.92 Å². The fourth-order valence-corrected chi connectivity index (χ4v) is 2.08. The highest BCUT2D eigenvalue weighted by molar-refractivity contribution is 5.97. The van der Waals surface area contributed by atoms with Crippen molar-refractivity contribution >= 4 is 11.9 Å². The van der Waals surface area contributed by atoms with Crippen molar-refractivity contribution in [3.05, 3.63) is 0 Å². The predicted octanol–water partition coefficient (Wildman–Crippen LogP) is -1.36. The lowest BCUT2D eigenvalue weighted by Crippen LogP contribution is -2.57. The minimum absolute atomic E-state index is 0.250. The van der Waals surface area contributed by atoms with E-state index in [-0.39, 0.29) is 31.4 Å². The molecule has 0 bridgehead atoms. The first-order valence-electron chi connectivity index (χ1n) is 5.58. The Morgan fingerprint density at radius 1 is 1.53 bits per heavy atom. The number of hydrogen-bond acceptors (Lipinski definition) is 5. The molecule has 2 heterocycles. The number of carbonyl (C=O) groups is 2. The fourth-order valence-electron chi connectivity index (χ4n) is 2.08. The van der Waals surface area contributed by atoms with Crippen LogP contribution in [0.3, 0.4) is 0 Å². The molecule has 3 amide bonds. The van der Waals surface area contributed by atoms with E-state index in [1.54, 1.807) is 6.92 Å². The summed E-state index contributed by atoms with van der Waals surface area (Å²) in [5, 5.41) is 20.8. The molecule has 3 unspecified atom stereocenters. The van der Waals surface area contributed by atoms with Crippen LogP contribution >= 0.6 is 0 Å². The molecular formula is C10H16N2O5. The second-order valence-corrected chi connectivity index (χ2v) is 4.46. The third kappa shape index (κ3) is 2.26. The molecule has 0 radical (unpaired) electrons. The quantitative estimate of drug-likeness (QED) is 0.557. The average molecular weight is 244 g/mol. The molecule has 0 aliphatic carbocycles. The molecule has 2 aliphatic heterocycles. The van der Waals surface area contributed by atoms with Gasteiger partial charge < -0.3 is 14.9 Å². The van der Waals surface area contributed by atoms with E-state index in [9.17, 15) is 14.7 Å². The van der Waals surface area contributed by atoms with Gasteiger partial charge >= 0.3 is 6.03 Å². The maximum absolute atomic E-state index is 11.6. The molecule has 96 valence electrons. The van der Waals surface area contributed by atoms with E-state index >= 15 is 0 Å². The van der Waals surface area contributed by atoms with Gasteiger partial charge in [0.1, 0.15) is 12.3 Å². The zero-order valence-electron chi connectivity index (χ0n) is 9.50. The van der Waals surface area contributed by atoms with E-state index in [2.05, 4.69) is 5.32 Å². The number of ether oxygens (including phenoxy) is 1. The molecule has 7 heteroatoms. The summed E-state index contributed by atoms with van der Waals surface area (Å²) in [4.78, 5) is 24.2. The van der Waals surface area contributed by atoms with Crippen LogP contribution in [0.5, 0.6) is 0 Å². The summed E-state index contributed by atoms with van der Waals surface area (Å²) in [6, 6.07) is -0.510. The average Bonchev–Trinajstić information content (AvgIpc) is 2.65. The molecular weight excluding hydrogens is 228 g/mol. The van der Waals surface area contributed by atoms with Gasteiger partial charge in [0.25, 0.3) is 0 Å². The molecule has 17 heavy (non-hydrogen) atoms. The van der Waals surface area contributed by atoms with Crippen LogP contribution in [0.2, 0.25) is 0 Å². The Hall–Kier alpha value is -1.18. The smallest absolute Gasteiger partial charge is 0.326 e. The molecule has 0 spiro atoms. The van der Waals surface area contributed by atoms with E-state index in [0.29, 0.717) is 0 Å². The highest BCUT2D eigenvalue weighted by Gasteiger charge is 2.41. The minimum Gasteiger partial charge on any atom is -0.394 e. The maximum Gasteiger partial charge on any atom is 0.326 e. The van der Waals surface area contributed by atoms with Gasteiger partial charge in [-0.3, -0.25) is 15.0 Å². The van der Waals surface area contributed by atoms with Gasteiger partial charge in [-0.2, -0.15) is 0 Å². The number of nitrogens with zero attached hydrogens (tertiary/aromatic N) is 1. The van der Waals surface area contributed by atoms with Gasteiger partial charge in [0, 0.05) is 13.0 Å². The maximum atomic E-state index is 11.6. The van der Waals surface area contributed by atoms with Crippen molar-refractivity contribution in [3.63, 3.8) is 0 Å². The van der Waals surface area contributed by atoms with Crippen molar-refractivity contribution in [2.45, 2.75) is 31.8 Å². The van der Waals surface area contributed by atoms with Crippen LogP contribution in [0, 0.1) is 5.92 Å². The molecule has 4 atom stereocenters. The standard InChI is InChI=1S/C10H16N2O5/c1-5-3-12(10(16)11-9(5)15)8-2-6(14)7(4-13)17-8/h5-8,13-14H,2-4H2,1H3,(H,11,15,16)/t5?,6?,7-,8?/m1/s1. The molecule has 2 fully saturated rings. The van der Waals surface area contributed by atoms with Crippen molar-refractivity contribution < 1.29 is 24.5 Å². The highest BCUT2D eigenvalue weighted by Crippen LogP contribution is 2.25. The summed E-state index contributed by atoms with van der Waals surface area (Å²) in [6.45, 7) is 1.69. The van der Waals surface area contributed by atoms with E-state index in [1.165, 1.54) is 4.90 Å². The van der Waals surface area contributed by atoms with Crippen LogP contribution in [0.15, 0.2) is 0 Å². The van der Waals surface area contributed by atoms with Gasteiger partial charge in [0.15, 0.2) is 0 Å². The van der Waals surface area contributed by atoms with Crippen LogP contribution in [-0.2, 0) is 9.53 Å². The first kappa shape index (κ1) is 12.3. The zero-order chi connectivity index (χ0) is 12.6. The summed E-state index contributed by atoms with van der Waals surface area (Å²) in [5.74, 6) is -0.606. The van der Waals surface area contributed by atoms with Gasteiger partial charge in [-0.05, 0) is 0 Å². The molecule has 3 N–H and O–H groups in total. The van der Waals surface area contributed by atoms with Crippen molar-refractivity contribution in [3.8, 4) is 0 Å². The Labute approximate surface area is 98.3 Å². The van der Waals surface area contributed by atoms with Crippen LogP contribution in [0.1, 0.15) is 13.3 Å². The molecule has 7 nitrogen and oxygen atoms in total. The number of carbonyl (C=O) groups excluding carboxylic acids is 2. The summed E-state index contributed by atoms with van der Waals surface area (Å²) < 4.78 is 5.37. The third-order valence-electron chi connectivity index (χ3n) is 3.14. The summed E-state index contributed by atoms with van der Waals surface area (Å²) >= 11 is 0. The van der Waals surface area contributed by atoms with Crippen LogP contribution in [0.4, 0.5) is 4.79 Å². The lowest BCUT2D eigenvalue weighted by atomic mass is 10.1. The predicted molar refractivity (Wildman–Crippen MR) is 55.8 cm³/mol. The highest BCUT2D eigenvalue weighted by atomic mass is 16.5. The molecule has 2 rings (SSSR count). The zero-order valence-corrected chi connectivity index (χ0v) is 9.50. The Morgan fingerprint density at radius 3 is 2.82 bits per heavy atom. The Morgan fingerprint density at radius 2 is 2.24 bits per heavy atom. The molecule has 0 aromatic rings. The van der Waals surface area contributed by atoms with E-state index in [4.69, 9.17) is 9.84 Å². The van der Waals surface area contributed by atoms with Gasteiger partial charge in [-0.25, -0.2) is 4.79 Å². The van der Waals surface area contributed by atoms with E-state index < -0.39 is 24.5 Å². The van der Waals surface area contributed by atoms with Crippen LogP contribution in [0.25, 0.3) is 0 Å². The van der Waals surface area contributed by atoms with Crippen LogP contribution < -0.4 is 5.32 Å². The van der Waals surface area contributed by atoms with Gasteiger partial charge in [-0.15, -0.1) is 0 Å². The number of hydrogen-bond donors (Lipinski definition) is 3. The number of aliphatic hydroxyl groups is 2. The van der Waals surface area contributed by atoms with Crippen molar-refractivity contribution in [1.29, 1.82) is 0 Å². The molecule has 2 aliphatic rings. The topological polar surface area (TPSA) is 99.1 Å². The first-order chi connectivity index (χ1) is 8.02. The number of rotatable bonds is 2. The van der Waals surface area contributed by atoms with Crippen molar-refractivity contribution in [1.82, 2.24) is 10.2 Å². The summed E-state index contributed by atoms with van der Waals surface area (Å²) in [6.07, 6.45) is -1.79. The van der Waals surface area contributed by atoms with Gasteiger partial charge in [0.2, 0.25) is 5.91 Å². The molecule has 0 saturated carbocycles. The normalized spacial score (nSPS) is 38.4. The second kappa shape index (κ2) is 4.59. The SMILES string of the molecule is CC1CN(C2CC(O)[C@@H](CO)O2)C(=O)NC1=O. The van der Waals surface area contributed by atoms with Gasteiger partial charge in [-0.1, -0.05) is 6.92 Å². The Kier molecular flexibility index (Phi) is 3.32. The van der Waals surface area contributed by atoms with E-state index in [0.717, 1.165) is 0 Å². The number of nitrogens with one attached hydrogen (secondary N) is 1.